The third kappa shape index (κ3) is 5.31. The fourth-order valence-corrected chi connectivity index (χ4v) is 5.41. The molecule has 1 aliphatic rings. The van der Waals surface area contributed by atoms with Crippen molar-refractivity contribution in [3.63, 3.8) is 0 Å². The average molecular weight is 459 g/mol. The van der Waals surface area contributed by atoms with Crippen molar-refractivity contribution < 1.29 is 9.59 Å². The van der Waals surface area contributed by atoms with Crippen LogP contribution < -0.4 is 5.32 Å². The van der Waals surface area contributed by atoms with Crippen LogP contribution in [0.15, 0.2) is 72.8 Å². The van der Waals surface area contributed by atoms with Crippen molar-refractivity contribution in [2.75, 3.05) is 17.6 Å². The SMILES string of the molecule is Cc1cccc(C(C)C)c1NC(=O)c1ccc([C@@H]2SCC(=O)N2CCc2ccccc2)cc1. The Morgan fingerprint density at radius 1 is 1.03 bits per heavy atom. The van der Waals surface area contributed by atoms with Gasteiger partial charge in [0.1, 0.15) is 5.37 Å². The standard InChI is InChI=1S/C28H30N2O2S/c1-19(2)24-11-7-8-20(3)26(24)29-27(32)22-12-14-23(15-13-22)28-30(25(31)18-33-28)17-16-21-9-5-4-6-10-21/h4-15,19,28H,16-18H2,1-3H3,(H,29,32)/t28-/m0/s1. The molecule has 4 rings (SSSR count). The molecule has 33 heavy (non-hydrogen) atoms. The molecule has 1 N–H and O–H groups in total. The van der Waals surface area contributed by atoms with Gasteiger partial charge in [0.05, 0.1) is 5.75 Å². The molecule has 1 aliphatic heterocycles. The second-order valence-corrected chi connectivity index (χ2v) is 9.82. The maximum Gasteiger partial charge on any atom is 0.255 e. The molecule has 170 valence electrons. The maximum atomic E-state index is 13.0. The monoisotopic (exact) mass is 458 g/mol. The lowest BCUT2D eigenvalue weighted by molar-refractivity contribution is -0.128. The van der Waals surface area contributed by atoms with E-state index in [1.54, 1.807) is 11.8 Å². The normalized spacial score (nSPS) is 15.8. The van der Waals surface area contributed by atoms with Gasteiger partial charge < -0.3 is 10.2 Å². The van der Waals surface area contributed by atoms with Gasteiger partial charge in [-0.25, -0.2) is 0 Å². The van der Waals surface area contributed by atoms with Crippen molar-refractivity contribution >= 4 is 29.3 Å². The van der Waals surface area contributed by atoms with E-state index in [1.807, 2.05) is 66.4 Å². The van der Waals surface area contributed by atoms with Crippen LogP contribution in [0.1, 0.15) is 57.8 Å². The summed E-state index contributed by atoms with van der Waals surface area (Å²) in [5.41, 5.74) is 5.97. The summed E-state index contributed by atoms with van der Waals surface area (Å²) in [7, 11) is 0. The Hall–Kier alpha value is -3.05. The largest absolute Gasteiger partial charge is 0.326 e. The highest BCUT2D eigenvalue weighted by Crippen LogP contribution is 2.38. The first-order valence-corrected chi connectivity index (χ1v) is 12.4. The third-order valence-electron chi connectivity index (χ3n) is 6.08. The summed E-state index contributed by atoms with van der Waals surface area (Å²) in [6.45, 7) is 6.96. The summed E-state index contributed by atoms with van der Waals surface area (Å²) >= 11 is 1.65. The van der Waals surface area contributed by atoms with Crippen LogP contribution in [0.3, 0.4) is 0 Å². The van der Waals surface area contributed by atoms with Gasteiger partial charge in [-0.05, 0) is 53.6 Å². The van der Waals surface area contributed by atoms with E-state index < -0.39 is 0 Å². The molecule has 3 aromatic rings. The molecule has 1 atom stereocenters. The lowest BCUT2D eigenvalue weighted by Gasteiger charge is -2.24. The zero-order valence-electron chi connectivity index (χ0n) is 19.4. The summed E-state index contributed by atoms with van der Waals surface area (Å²) < 4.78 is 0. The van der Waals surface area contributed by atoms with E-state index in [9.17, 15) is 9.59 Å². The topological polar surface area (TPSA) is 49.4 Å². The second kappa shape index (κ2) is 10.3. The number of nitrogens with zero attached hydrogens (tertiary/aromatic N) is 1. The highest BCUT2D eigenvalue weighted by atomic mass is 32.2. The van der Waals surface area contributed by atoms with Crippen molar-refractivity contribution in [3.05, 3.63) is 101 Å². The number of amides is 2. The van der Waals surface area contributed by atoms with E-state index in [0.29, 0.717) is 23.8 Å². The van der Waals surface area contributed by atoms with Crippen molar-refractivity contribution in [1.82, 2.24) is 4.90 Å². The number of benzene rings is 3. The van der Waals surface area contributed by atoms with Gasteiger partial charge in [0, 0.05) is 17.8 Å². The summed E-state index contributed by atoms with van der Waals surface area (Å²) in [5, 5.41) is 3.10. The fourth-order valence-electron chi connectivity index (χ4n) is 4.19. The fraction of sp³-hybridized carbons (Fsp3) is 0.286. The molecule has 0 aromatic heterocycles. The summed E-state index contributed by atoms with van der Waals surface area (Å²) in [6.07, 6.45) is 0.832. The molecular formula is C28H30N2O2S. The van der Waals surface area contributed by atoms with Gasteiger partial charge in [0.15, 0.2) is 0 Å². The quantitative estimate of drug-likeness (QED) is 0.459. The molecule has 1 heterocycles. The average Bonchev–Trinajstić information content (AvgIpc) is 3.19. The predicted molar refractivity (Wildman–Crippen MR) is 137 cm³/mol. The number of rotatable bonds is 7. The van der Waals surface area contributed by atoms with Gasteiger partial charge in [-0.15, -0.1) is 11.8 Å². The number of hydrogen-bond donors (Lipinski definition) is 1. The van der Waals surface area contributed by atoms with Gasteiger partial charge in [0.2, 0.25) is 5.91 Å². The molecule has 2 amide bonds. The Kier molecular flexibility index (Phi) is 7.19. The Bertz CT molecular complexity index is 1130. The Labute approximate surface area is 200 Å². The first-order valence-electron chi connectivity index (χ1n) is 11.4. The van der Waals surface area contributed by atoms with Crippen LogP contribution in [0, 0.1) is 6.92 Å². The molecule has 0 saturated carbocycles. The Balaban J connectivity index is 1.46. The molecule has 0 radical (unpaired) electrons. The third-order valence-corrected chi connectivity index (χ3v) is 7.33. The van der Waals surface area contributed by atoms with Crippen molar-refractivity contribution in [2.45, 2.75) is 38.5 Å². The second-order valence-electron chi connectivity index (χ2n) is 8.76. The van der Waals surface area contributed by atoms with Crippen LogP contribution in [-0.2, 0) is 11.2 Å². The zero-order valence-corrected chi connectivity index (χ0v) is 20.2. The molecule has 1 fully saturated rings. The Morgan fingerprint density at radius 3 is 2.45 bits per heavy atom. The molecule has 4 nitrogen and oxygen atoms in total. The number of hydrogen-bond acceptors (Lipinski definition) is 3. The van der Waals surface area contributed by atoms with E-state index in [-0.39, 0.29) is 17.2 Å². The van der Waals surface area contributed by atoms with Crippen LogP contribution in [0.25, 0.3) is 0 Å². The van der Waals surface area contributed by atoms with E-state index in [1.165, 1.54) is 5.56 Å². The molecule has 1 saturated heterocycles. The number of aryl methyl sites for hydroxylation is 1. The number of carbonyl (C=O) groups excluding carboxylic acids is 2. The number of nitrogens with one attached hydrogen (secondary N) is 1. The van der Waals surface area contributed by atoms with Gasteiger partial charge in [-0.1, -0.05) is 74.5 Å². The minimum atomic E-state index is -0.117. The number of anilines is 1. The smallest absolute Gasteiger partial charge is 0.255 e. The van der Waals surface area contributed by atoms with Crippen molar-refractivity contribution in [1.29, 1.82) is 0 Å². The van der Waals surface area contributed by atoms with E-state index in [2.05, 4.69) is 37.4 Å². The summed E-state index contributed by atoms with van der Waals surface area (Å²) in [6, 6.07) is 24.0. The lowest BCUT2D eigenvalue weighted by Crippen LogP contribution is -2.30. The molecule has 0 aliphatic carbocycles. The van der Waals surface area contributed by atoms with Gasteiger partial charge in [-0.3, -0.25) is 9.59 Å². The maximum absolute atomic E-state index is 13.0. The summed E-state index contributed by atoms with van der Waals surface area (Å²) in [4.78, 5) is 27.4. The van der Waals surface area contributed by atoms with Crippen LogP contribution in [-0.4, -0.2) is 29.0 Å². The molecule has 5 heteroatoms. The van der Waals surface area contributed by atoms with Gasteiger partial charge in [-0.2, -0.15) is 0 Å². The van der Waals surface area contributed by atoms with Crippen LogP contribution >= 0.6 is 11.8 Å². The highest BCUT2D eigenvalue weighted by molar-refractivity contribution is 8.00. The van der Waals surface area contributed by atoms with Crippen molar-refractivity contribution in [3.8, 4) is 0 Å². The predicted octanol–water partition coefficient (Wildman–Crippen LogP) is 6.19. The minimum Gasteiger partial charge on any atom is -0.326 e. The van der Waals surface area contributed by atoms with Crippen LogP contribution in [0.4, 0.5) is 5.69 Å². The Morgan fingerprint density at radius 2 is 1.76 bits per heavy atom. The van der Waals surface area contributed by atoms with Crippen LogP contribution in [0.5, 0.6) is 0 Å². The number of carbonyl (C=O) groups is 2. The van der Waals surface area contributed by atoms with E-state index in [0.717, 1.165) is 28.8 Å². The zero-order chi connectivity index (χ0) is 23.4. The highest BCUT2D eigenvalue weighted by Gasteiger charge is 2.32. The molecular weight excluding hydrogens is 428 g/mol. The van der Waals surface area contributed by atoms with E-state index in [4.69, 9.17) is 0 Å². The van der Waals surface area contributed by atoms with Gasteiger partial charge >= 0.3 is 0 Å². The molecule has 3 aromatic carbocycles. The summed E-state index contributed by atoms with van der Waals surface area (Å²) in [5.74, 6) is 0.867. The lowest BCUT2D eigenvalue weighted by atomic mass is 9.98. The first-order chi connectivity index (χ1) is 15.9. The van der Waals surface area contributed by atoms with Crippen LogP contribution in [0.2, 0.25) is 0 Å². The number of thioether (sulfide) groups is 1. The molecule has 0 unspecified atom stereocenters. The molecule has 0 spiro atoms. The van der Waals surface area contributed by atoms with E-state index >= 15 is 0 Å². The first kappa shape index (κ1) is 23.1. The van der Waals surface area contributed by atoms with Gasteiger partial charge in [0.25, 0.3) is 5.91 Å². The minimum absolute atomic E-state index is 0.0118. The molecule has 0 bridgehead atoms. The number of para-hydroxylation sites is 1. The van der Waals surface area contributed by atoms with Crippen molar-refractivity contribution in [2.24, 2.45) is 0 Å².